The highest BCUT2D eigenvalue weighted by atomic mass is 16.6. The maximum atomic E-state index is 11.9. The SMILES string of the molecule is CC(C)(C)OC(=O)N1CCC(CCO)(C[N+](=O)[O-])C1. The molecule has 0 spiro atoms. The van der Waals surface area contributed by atoms with E-state index < -0.39 is 17.1 Å². The lowest BCUT2D eigenvalue weighted by Gasteiger charge is -2.27. The first-order valence-electron chi connectivity index (χ1n) is 6.38. The Balaban J connectivity index is 2.68. The molecular weight excluding hydrogens is 252 g/mol. The zero-order valence-corrected chi connectivity index (χ0v) is 11.7. The van der Waals surface area contributed by atoms with Gasteiger partial charge in [0.1, 0.15) is 5.60 Å². The summed E-state index contributed by atoms with van der Waals surface area (Å²) in [5, 5.41) is 19.8. The van der Waals surface area contributed by atoms with Gasteiger partial charge in [0.2, 0.25) is 6.54 Å². The van der Waals surface area contributed by atoms with E-state index in [2.05, 4.69) is 0 Å². The number of carbonyl (C=O) groups excluding carboxylic acids is 1. The molecule has 0 saturated carbocycles. The lowest BCUT2D eigenvalue weighted by molar-refractivity contribution is -0.497. The molecule has 1 N–H and O–H groups in total. The Morgan fingerprint density at radius 2 is 2.16 bits per heavy atom. The van der Waals surface area contributed by atoms with Gasteiger partial charge < -0.3 is 14.7 Å². The van der Waals surface area contributed by atoms with E-state index >= 15 is 0 Å². The molecule has 1 aliphatic heterocycles. The smallest absolute Gasteiger partial charge is 0.410 e. The van der Waals surface area contributed by atoms with Crippen LogP contribution in [0.1, 0.15) is 33.6 Å². The molecule has 0 radical (unpaired) electrons. The average molecular weight is 274 g/mol. The zero-order valence-electron chi connectivity index (χ0n) is 11.7. The first-order chi connectivity index (χ1) is 8.67. The minimum absolute atomic E-state index is 0.115. The second-order valence-electron chi connectivity index (χ2n) is 6.12. The van der Waals surface area contributed by atoms with Crippen LogP contribution in [-0.2, 0) is 4.74 Å². The predicted molar refractivity (Wildman–Crippen MR) is 68.4 cm³/mol. The number of hydrogen-bond donors (Lipinski definition) is 1. The van der Waals surface area contributed by atoms with Crippen molar-refractivity contribution >= 4 is 6.09 Å². The number of hydrogen-bond acceptors (Lipinski definition) is 5. The second kappa shape index (κ2) is 5.73. The molecule has 7 heteroatoms. The molecule has 110 valence electrons. The molecule has 1 atom stereocenters. The van der Waals surface area contributed by atoms with Crippen LogP contribution in [0.4, 0.5) is 4.79 Å². The molecule has 0 aromatic carbocycles. The molecule has 1 aliphatic rings. The van der Waals surface area contributed by atoms with Crippen LogP contribution < -0.4 is 0 Å². The summed E-state index contributed by atoms with van der Waals surface area (Å²) in [6.45, 7) is 5.69. The number of likely N-dealkylation sites (tertiary alicyclic amines) is 1. The van der Waals surface area contributed by atoms with E-state index in [0.29, 0.717) is 19.4 Å². The van der Waals surface area contributed by atoms with Crippen LogP contribution in [-0.4, -0.2) is 52.9 Å². The van der Waals surface area contributed by atoms with Crippen molar-refractivity contribution in [1.29, 1.82) is 0 Å². The number of carbonyl (C=O) groups is 1. The van der Waals surface area contributed by atoms with Crippen LogP contribution in [0, 0.1) is 15.5 Å². The summed E-state index contributed by atoms with van der Waals surface area (Å²) in [6, 6.07) is 0. The van der Waals surface area contributed by atoms with Crippen molar-refractivity contribution in [3.05, 3.63) is 10.1 Å². The average Bonchev–Trinajstić information content (AvgIpc) is 2.59. The summed E-state index contributed by atoms with van der Waals surface area (Å²) < 4.78 is 5.25. The van der Waals surface area contributed by atoms with Gasteiger partial charge in [-0.2, -0.15) is 0 Å². The van der Waals surface area contributed by atoms with E-state index in [1.807, 2.05) is 0 Å². The largest absolute Gasteiger partial charge is 0.444 e. The molecule has 1 unspecified atom stereocenters. The van der Waals surface area contributed by atoms with Gasteiger partial charge in [0.05, 0.1) is 5.41 Å². The summed E-state index contributed by atoms with van der Waals surface area (Å²) >= 11 is 0. The Hall–Kier alpha value is -1.37. The summed E-state index contributed by atoms with van der Waals surface area (Å²) in [5.74, 6) is 0. The number of nitro groups is 1. The summed E-state index contributed by atoms with van der Waals surface area (Å²) in [5.41, 5.74) is -1.21. The van der Waals surface area contributed by atoms with Gasteiger partial charge in [0.25, 0.3) is 0 Å². The first-order valence-corrected chi connectivity index (χ1v) is 6.38. The van der Waals surface area contributed by atoms with Gasteiger partial charge in [-0.25, -0.2) is 4.79 Å². The van der Waals surface area contributed by atoms with Crippen LogP contribution in [0.3, 0.4) is 0 Å². The normalized spacial score (nSPS) is 23.5. The quantitative estimate of drug-likeness (QED) is 0.615. The predicted octanol–water partition coefficient (Wildman–Crippen LogP) is 1.27. The van der Waals surface area contributed by atoms with Gasteiger partial charge in [-0.15, -0.1) is 0 Å². The van der Waals surface area contributed by atoms with Crippen molar-refractivity contribution in [3.8, 4) is 0 Å². The third kappa shape index (κ3) is 4.66. The van der Waals surface area contributed by atoms with Crippen LogP contribution in [0.15, 0.2) is 0 Å². The summed E-state index contributed by atoms with van der Waals surface area (Å²) in [7, 11) is 0. The van der Waals surface area contributed by atoms with Crippen molar-refractivity contribution in [3.63, 3.8) is 0 Å². The molecule has 0 aromatic heterocycles. The van der Waals surface area contributed by atoms with E-state index in [1.165, 1.54) is 4.90 Å². The summed E-state index contributed by atoms with van der Waals surface area (Å²) in [4.78, 5) is 23.7. The van der Waals surface area contributed by atoms with Gasteiger partial charge >= 0.3 is 6.09 Å². The van der Waals surface area contributed by atoms with Gasteiger partial charge in [-0.1, -0.05) is 0 Å². The van der Waals surface area contributed by atoms with Crippen molar-refractivity contribution in [2.45, 2.75) is 39.2 Å². The van der Waals surface area contributed by atoms with E-state index in [9.17, 15) is 14.9 Å². The molecule has 7 nitrogen and oxygen atoms in total. The minimum Gasteiger partial charge on any atom is -0.444 e. The van der Waals surface area contributed by atoms with Gasteiger partial charge in [-0.05, 0) is 33.6 Å². The van der Waals surface area contributed by atoms with Crippen molar-refractivity contribution in [1.82, 2.24) is 4.90 Å². The standard InChI is InChI=1S/C12H22N2O5/c1-11(2,3)19-10(16)13-6-4-12(8-13,5-7-15)9-14(17)18/h15H,4-9H2,1-3H3. The van der Waals surface area contributed by atoms with E-state index in [0.717, 1.165) is 0 Å². The van der Waals surface area contributed by atoms with Crippen molar-refractivity contribution in [2.24, 2.45) is 5.41 Å². The fraction of sp³-hybridized carbons (Fsp3) is 0.917. The van der Waals surface area contributed by atoms with Gasteiger partial charge in [0, 0.05) is 24.6 Å². The molecule has 0 bridgehead atoms. The Kier molecular flexibility index (Phi) is 4.73. The number of amides is 1. The maximum absolute atomic E-state index is 11.9. The molecule has 1 rings (SSSR count). The van der Waals surface area contributed by atoms with E-state index in [-0.39, 0.29) is 24.6 Å². The Morgan fingerprint density at radius 3 is 2.63 bits per heavy atom. The zero-order chi connectivity index (χ0) is 14.7. The number of aliphatic hydroxyl groups is 1. The summed E-state index contributed by atoms with van der Waals surface area (Å²) in [6.07, 6.45) is 0.400. The number of ether oxygens (including phenoxy) is 1. The molecule has 1 fully saturated rings. The van der Waals surface area contributed by atoms with Crippen molar-refractivity contribution in [2.75, 3.05) is 26.2 Å². The van der Waals surface area contributed by atoms with Crippen LogP contribution in [0.25, 0.3) is 0 Å². The third-order valence-corrected chi connectivity index (χ3v) is 3.20. The van der Waals surface area contributed by atoms with E-state index in [4.69, 9.17) is 9.84 Å². The molecule has 1 amide bonds. The first kappa shape index (κ1) is 15.7. The molecule has 1 heterocycles. The number of rotatable bonds is 4. The van der Waals surface area contributed by atoms with Gasteiger partial charge in [0.15, 0.2) is 0 Å². The van der Waals surface area contributed by atoms with E-state index in [1.54, 1.807) is 20.8 Å². The monoisotopic (exact) mass is 274 g/mol. The lowest BCUT2D eigenvalue weighted by atomic mass is 9.84. The van der Waals surface area contributed by atoms with Gasteiger partial charge in [-0.3, -0.25) is 10.1 Å². The Labute approximate surface area is 112 Å². The van der Waals surface area contributed by atoms with Crippen LogP contribution >= 0.6 is 0 Å². The second-order valence-corrected chi connectivity index (χ2v) is 6.12. The highest BCUT2D eigenvalue weighted by Gasteiger charge is 2.44. The third-order valence-electron chi connectivity index (χ3n) is 3.20. The Bertz CT molecular complexity index is 353. The van der Waals surface area contributed by atoms with Crippen molar-refractivity contribution < 1.29 is 19.6 Å². The molecule has 1 saturated heterocycles. The van der Waals surface area contributed by atoms with Crippen LogP contribution in [0.2, 0.25) is 0 Å². The fourth-order valence-corrected chi connectivity index (χ4v) is 2.34. The van der Waals surface area contributed by atoms with Crippen LogP contribution in [0.5, 0.6) is 0 Å². The molecular formula is C12H22N2O5. The minimum atomic E-state index is -0.630. The number of nitrogens with zero attached hydrogens (tertiary/aromatic N) is 2. The topological polar surface area (TPSA) is 92.9 Å². The Morgan fingerprint density at radius 1 is 1.53 bits per heavy atom. The molecule has 19 heavy (non-hydrogen) atoms. The highest BCUT2D eigenvalue weighted by molar-refractivity contribution is 5.68. The highest BCUT2D eigenvalue weighted by Crippen LogP contribution is 2.34. The lowest BCUT2D eigenvalue weighted by Crippen LogP contribution is -2.39. The molecule has 0 aliphatic carbocycles. The maximum Gasteiger partial charge on any atom is 0.410 e. The molecule has 0 aromatic rings. The fourth-order valence-electron chi connectivity index (χ4n) is 2.34. The number of aliphatic hydroxyl groups excluding tert-OH is 1.